The highest BCUT2D eigenvalue weighted by molar-refractivity contribution is 5.84. The summed E-state index contributed by atoms with van der Waals surface area (Å²) in [7, 11) is 3.47. The third-order valence-corrected chi connectivity index (χ3v) is 5.55. The van der Waals surface area contributed by atoms with Crippen molar-refractivity contribution in [2.24, 2.45) is 7.05 Å². The van der Waals surface area contributed by atoms with Crippen molar-refractivity contribution in [3.63, 3.8) is 0 Å². The predicted octanol–water partition coefficient (Wildman–Crippen LogP) is 3.08. The fourth-order valence-electron chi connectivity index (χ4n) is 4.03. The normalized spacial score (nSPS) is 15.9. The van der Waals surface area contributed by atoms with Crippen LogP contribution in [0.4, 0.5) is 4.79 Å². The van der Waals surface area contributed by atoms with E-state index in [-0.39, 0.29) is 17.7 Å². The van der Waals surface area contributed by atoms with Crippen LogP contribution >= 0.6 is 0 Å². The van der Waals surface area contributed by atoms with Crippen molar-refractivity contribution in [2.75, 3.05) is 26.7 Å². The van der Waals surface area contributed by atoms with Gasteiger partial charge in [0.1, 0.15) is 11.4 Å². The molecule has 1 aromatic carbocycles. The van der Waals surface area contributed by atoms with Gasteiger partial charge in [0.15, 0.2) is 0 Å². The minimum Gasteiger partial charge on any atom is -0.496 e. The second-order valence-corrected chi connectivity index (χ2v) is 8.93. The van der Waals surface area contributed by atoms with Gasteiger partial charge in [-0.25, -0.2) is 4.79 Å². The summed E-state index contributed by atoms with van der Waals surface area (Å²) in [6, 6.07) is 7.57. The lowest BCUT2D eigenvalue weighted by Gasteiger charge is -2.33. The van der Waals surface area contributed by atoms with Gasteiger partial charge in [0.05, 0.1) is 12.6 Å². The number of pyridine rings is 1. The molecule has 0 aliphatic carbocycles. The van der Waals surface area contributed by atoms with Crippen LogP contribution in [0.15, 0.2) is 29.1 Å². The molecule has 2 heterocycles. The fourth-order valence-corrected chi connectivity index (χ4v) is 4.03. The first kappa shape index (κ1) is 22.2. The smallest absolute Gasteiger partial charge is 0.407 e. The molecule has 2 aromatic rings. The van der Waals surface area contributed by atoms with Crippen LogP contribution in [0.2, 0.25) is 0 Å². The standard InChI is InChI=1S/C23H33N3O4/c1-23(2,3)30-22(28)24-17-10-13-26(14-11-17)15-12-18-19(29-5)8-6-16-7-9-20(27)25(4)21(16)18/h6-9,17H,10-15H2,1-5H3,(H,24,28). The number of piperidine rings is 1. The number of likely N-dealkylation sites (tertiary alicyclic amines) is 1. The van der Waals surface area contributed by atoms with Crippen molar-refractivity contribution in [2.45, 2.75) is 51.7 Å². The highest BCUT2D eigenvalue weighted by atomic mass is 16.6. The predicted molar refractivity (Wildman–Crippen MR) is 118 cm³/mol. The van der Waals surface area contributed by atoms with Crippen LogP contribution in [0.1, 0.15) is 39.2 Å². The number of amides is 1. The fraction of sp³-hybridized carbons (Fsp3) is 0.565. The van der Waals surface area contributed by atoms with Crippen molar-refractivity contribution < 1.29 is 14.3 Å². The number of methoxy groups -OCH3 is 1. The Labute approximate surface area is 178 Å². The summed E-state index contributed by atoms with van der Waals surface area (Å²) in [5.74, 6) is 0.810. The van der Waals surface area contributed by atoms with Crippen LogP contribution in [-0.4, -0.2) is 53.9 Å². The van der Waals surface area contributed by atoms with Crippen LogP contribution in [0.5, 0.6) is 5.75 Å². The van der Waals surface area contributed by atoms with E-state index in [1.807, 2.05) is 39.0 Å². The van der Waals surface area contributed by atoms with Gasteiger partial charge in [-0.2, -0.15) is 0 Å². The van der Waals surface area contributed by atoms with Gasteiger partial charge in [0.2, 0.25) is 0 Å². The molecule has 0 spiro atoms. The zero-order valence-corrected chi connectivity index (χ0v) is 18.7. The molecule has 0 unspecified atom stereocenters. The van der Waals surface area contributed by atoms with Gasteiger partial charge in [-0.15, -0.1) is 0 Å². The Balaban J connectivity index is 1.62. The number of nitrogens with zero attached hydrogens (tertiary/aromatic N) is 2. The summed E-state index contributed by atoms with van der Waals surface area (Å²) >= 11 is 0. The van der Waals surface area contributed by atoms with Crippen LogP contribution in [0.3, 0.4) is 0 Å². The number of nitrogens with one attached hydrogen (secondary N) is 1. The van der Waals surface area contributed by atoms with Crippen LogP contribution in [0.25, 0.3) is 10.9 Å². The second-order valence-electron chi connectivity index (χ2n) is 8.93. The molecule has 1 saturated heterocycles. The maximum atomic E-state index is 12.2. The van der Waals surface area contributed by atoms with Crippen LogP contribution in [0, 0.1) is 0 Å². The van der Waals surface area contributed by atoms with Crippen molar-refractivity contribution in [1.82, 2.24) is 14.8 Å². The Morgan fingerprint density at radius 3 is 2.47 bits per heavy atom. The minimum atomic E-state index is -0.484. The molecule has 1 fully saturated rings. The summed E-state index contributed by atoms with van der Waals surface area (Å²) in [5.41, 5.74) is 1.49. The largest absolute Gasteiger partial charge is 0.496 e. The molecule has 7 heteroatoms. The van der Waals surface area contributed by atoms with E-state index in [0.29, 0.717) is 0 Å². The second kappa shape index (κ2) is 9.08. The third-order valence-electron chi connectivity index (χ3n) is 5.55. The molecule has 1 aliphatic rings. The average molecular weight is 416 g/mol. The topological polar surface area (TPSA) is 72.8 Å². The molecule has 1 aliphatic heterocycles. The van der Waals surface area contributed by atoms with E-state index in [9.17, 15) is 9.59 Å². The summed E-state index contributed by atoms with van der Waals surface area (Å²) < 4.78 is 12.6. The first-order valence-electron chi connectivity index (χ1n) is 10.6. The maximum Gasteiger partial charge on any atom is 0.407 e. The summed E-state index contributed by atoms with van der Waals surface area (Å²) in [5, 5.41) is 4.02. The molecule has 1 N–H and O–H groups in total. The number of hydrogen-bond acceptors (Lipinski definition) is 5. The number of hydrogen-bond donors (Lipinski definition) is 1. The van der Waals surface area contributed by atoms with Crippen molar-refractivity contribution in [3.8, 4) is 5.75 Å². The molecule has 1 aromatic heterocycles. The molecule has 0 radical (unpaired) electrons. The van der Waals surface area contributed by atoms with E-state index in [1.54, 1.807) is 24.8 Å². The number of rotatable bonds is 5. The zero-order valence-electron chi connectivity index (χ0n) is 18.7. The van der Waals surface area contributed by atoms with Crippen LogP contribution in [-0.2, 0) is 18.2 Å². The summed E-state index contributed by atoms with van der Waals surface area (Å²) in [4.78, 5) is 26.5. The number of carbonyl (C=O) groups excluding carboxylic acids is 1. The first-order chi connectivity index (χ1) is 14.2. The lowest BCUT2D eigenvalue weighted by atomic mass is 10.0. The van der Waals surface area contributed by atoms with E-state index in [1.165, 1.54) is 0 Å². The van der Waals surface area contributed by atoms with Crippen molar-refractivity contribution in [3.05, 3.63) is 40.2 Å². The number of ether oxygens (including phenoxy) is 2. The summed E-state index contributed by atoms with van der Waals surface area (Å²) in [6.45, 7) is 8.29. The van der Waals surface area contributed by atoms with E-state index in [0.717, 1.165) is 61.1 Å². The minimum absolute atomic E-state index is 0.0222. The SMILES string of the molecule is COc1ccc2ccc(=O)n(C)c2c1CCN1CCC(NC(=O)OC(C)(C)C)CC1. The molecule has 1 amide bonds. The number of benzene rings is 1. The van der Waals surface area contributed by atoms with Gasteiger partial charge in [0.25, 0.3) is 5.56 Å². The molecule has 164 valence electrons. The molecular formula is C23H33N3O4. The average Bonchev–Trinajstić information content (AvgIpc) is 2.68. The third kappa shape index (κ3) is 5.33. The molecule has 0 saturated carbocycles. The van der Waals surface area contributed by atoms with Gasteiger partial charge in [-0.1, -0.05) is 0 Å². The van der Waals surface area contributed by atoms with Crippen molar-refractivity contribution >= 4 is 17.0 Å². The van der Waals surface area contributed by atoms with E-state index >= 15 is 0 Å². The van der Waals surface area contributed by atoms with E-state index < -0.39 is 5.60 Å². The van der Waals surface area contributed by atoms with E-state index in [2.05, 4.69) is 10.2 Å². The summed E-state index contributed by atoms with van der Waals surface area (Å²) in [6.07, 6.45) is 2.24. The first-order valence-corrected chi connectivity index (χ1v) is 10.6. The molecule has 7 nitrogen and oxygen atoms in total. The Bertz CT molecular complexity index is 953. The van der Waals surface area contributed by atoms with E-state index in [4.69, 9.17) is 9.47 Å². The number of fused-ring (bicyclic) bond motifs is 1. The number of alkyl carbamates (subject to hydrolysis) is 1. The van der Waals surface area contributed by atoms with Gasteiger partial charge in [0, 0.05) is 44.4 Å². The number of aryl methyl sites for hydroxylation is 1. The van der Waals surface area contributed by atoms with Gasteiger partial charge in [-0.3, -0.25) is 4.79 Å². The Kier molecular flexibility index (Phi) is 6.71. The monoisotopic (exact) mass is 415 g/mol. The van der Waals surface area contributed by atoms with Crippen molar-refractivity contribution in [1.29, 1.82) is 0 Å². The Hall–Kier alpha value is -2.54. The lowest BCUT2D eigenvalue weighted by Crippen LogP contribution is -2.46. The molecule has 30 heavy (non-hydrogen) atoms. The maximum absolute atomic E-state index is 12.2. The molecular weight excluding hydrogens is 382 g/mol. The lowest BCUT2D eigenvalue weighted by molar-refractivity contribution is 0.0479. The number of aromatic nitrogens is 1. The Morgan fingerprint density at radius 1 is 1.17 bits per heavy atom. The molecule has 0 atom stereocenters. The van der Waals surface area contributed by atoms with Gasteiger partial charge < -0.3 is 24.3 Å². The Morgan fingerprint density at radius 2 is 1.83 bits per heavy atom. The highest BCUT2D eigenvalue weighted by Crippen LogP contribution is 2.28. The number of carbonyl (C=O) groups is 1. The molecule has 0 bridgehead atoms. The van der Waals surface area contributed by atoms with Gasteiger partial charge in [-0.05, 0) is 63.6 Å². The van der Waals surface area contributed by atoms with Gasteiger partial charge >= 0.3 is 6.09 Å². The van der Waals surface area contributed by atoms with Crippen LogP contribution < -0.4 is 15.6 Å². The zero-order chi connectivity index (χ0) is 21.9. The quantitative estimate of drug-likeness (QED) is 0.813. The molecule has 3 rings (SSSR count). The highest BCUT2D eigenvalue weighted by Gasteiger charge is 2.24.